The number of hydrogen-bond acceptors (Lipinski definition) is 5. The van der Waals surface area contributed by atoms with Gasteiger partial charge in [0.15, 0.2) is 5.96 Å². The lowest BCUT2D eigenvalue weighted by molar-refractivity contribution is 0.0389. The molecule has 1 saturated heterocycles. The van der Waals surface area contributed by atoms with Crippen molar-refractivity contribution in [3.05, 3.63) is 40.9 Å². The average molecular weight is 388 g/mol. The van der Waals surface area contributed by atoms with Gasteiger partial charge in [-0.15, -0.1) is 11.3 Å². The van der Waals surface area contributed by atoms with Crippen LogP contribution in [0.1, 0.15) is 17.5 Å². The van der Waals surface area contributed by atoms with Crippen LogP contribution in [0.3, 0.4) is 0 Å². The average Bonchev–Trinajstić information content (AvgIpc) is 3.08. The summed E-state index contributed by atoms with van der Waals surface area (Å²) in [6, 6.07) is 10.3. The van der Waals surface area contributed by atoms with E-state index in [2.05, 4.69) is 41.5 Å². The molecule has 0 amide bonds. The maximum atomic E-state index is 5.40. The number of aromatic nitrogens is 1. The van der Waals surface area contributed by atoms with Crippen LogP contribution in [0, 0.1) is 6.92 Å². The summed E-state index contributed by atoms with van der Waals surface area (Å²) in [6.07, 6.45) is 0. The first-order valence-electron chi connectivity index (χ1n) is 9.60. The Morgan fingerprint density at radius 1 is 1.22 bits per heavy atom. The number of guanidine groups is 1. The standard InChI is InChI=1S/C20H29N5OS/c1-3-21-20(22-9-10-25-11-13-26-14-12-25)23-15-18-16(2)24-19(27-18)17-7-5-4-6-8-17/h4-8H,3,9-15H2,1-2H3,(H2,21,22,23). The molecule has 0 spiro atoms. The van der Waals surface area contributed by atoms with Gasteiger partial charge < -0.3 is 15.4 Å². The number of nitrogens with one attached hydrogen (secondary N) is 2. The molecule has 27 heavy (non-hydrogen) atoms. The van der Waals surface area contributed by atoms with E-state index in [4.69, 9.17) is 14.7 Å². The van der Waals surface area contributed by atoms with Crippen LogP contribution >= 0.6 is 11.3 Å². The molecular formula is C20H29N5OS. The number of morpholine rings is 1. The van der Waals surface area contributed by atoms with E-state index in [-0.39, 0.29) is 0 Å². The predicted octanol–water partition coefficient (Wildman–Crippen LogP) is 2.51. The lowest BCUT2D eigenvalue weighted by atomic mass is 10.2. The zero-order valence-corrected chi connectivity index (χ0v) is 17.0. The Balaban J connectivity index is 1.57. The molecule has 2 aromatic rings. The van der Waals surface area contributed by atoms with Gasteiger partial charge in [0.1, 0.15) is 5.01 Å². The Morgan fingerprint density at radius 3 is 2.74 bits per heavy atom. The highest BCUT2D eigenvalue weighted by Gasteiger charge is 2.11. The van der Waals surface area contributed by atoms with Gasteiger partial charge in [-0.1, -0.05) is 30.3 Å². The van der Waals surface area contributed by atoms with Crippen LogP contribution in [-0.4, -0.2) is 61.8 Å². The maximum absolute atomic E-state index is 5.40. The molecule has 3 rings (SSSR count). The number of aliphatic imine (C=N–C) groups is 1. The van der Waals surface area contributed by atoms with E-state index < -0.39 is 0 Å². The SMILES string of the molecule is CCNC(=NCc1sc(-c2ccccc2)nc1C)NCCN1CCOCC1. The molecule has 1 aliphatic rings. The Kier molecular flexibility index (Phi) is 7.62. The van der Waals surface area contributed by atoms with E-state index in [0.29, 0.717) is 6.54 Å². The van der Waals surface area contributed by atoms with E-state index >= 15 is 0 Å². The van der Waals surface area contributed by atoms with E-state index in [9.17, 15) is 0 Å². The fraction of sp³-hybridized carbons (Fsp3) is 0.500. The number of rotatable bonds is 7. The zero-order valence-electron chi connectivity index (χ0n) is 16.2. The summed E-state index contributed by atoms with van der Waals surface area (Å²) >= 11 is 1.72. The van der Waals surface area contributed by atoms with Gasteiger partial charge in [-0.25, -0.2) is 9.98 Å². The summed E-state index contributed by atoms with van der Waals surface area (Å²) in [5, 5.41) is 7.82. The van der Waals surface area contributed by atoms with Crippen LogP contribution in [0.2, 0.25) is 0 Å². The summed E-state index contributed by atoms with van der Waals surface area (Å²) in [5.74, 6) is 0.861. The summed E-state index contributed by atoms with van der Waals surface area (Å²) in [6.45, 7) is 11.2. The fourth-order valence-corrected chi connectivity index (χ4v) is 3.92. The second-order valence-electron chi connectivity index (χ2n) is 6.47. The summed E-state index contributed by atoms with van der Waals surface area (Å²) in [7, 11) is 0. The maximum Gasteiger partial charge on any atom is 0.191 e. The van der Waals surface area contributed by atoms with Crippen molar-refractivity contribution in [2.24, 2.45) is 4.99 Å². The summed E-state index contributed by atoms with van der Waals surface area (Å²) < 4.78 is 5.40. The minimum Gasteiger partial charge on any atom is -0.379 e. The van der Waals surface area contributed by atoms with Crippen LogP contribution in [0.5, 0.6) is 0 Å². The molecule has 0 saturated carbocycles. The van der Waals surface area contributed by atoms with Gasteiger partial charge in [0.05, 0.1) is 25.5 Å². The molecule has 1 fully saturated rings. The number of nitrogens with zero attached hydrogens (tertiary/aromatic N) is 3. The molecule has 2 N–H and O–H groups in total. The molecule has 0 aliphatic carbocycles. The van der Waals surface area contributed by atoms with Crippen LogP contribution in [-0.2, 0) is 11.3 Å². The highest BCUT2D eigenvalue weighted by molar-refractivity contribution is 7.15. The number of aryl methyl sites for hydroxylation is 1. The molecule has 1 aliphatic heterocycles. The second-order valence-corrected chi connectivity index (χ2v) is 7.55. The Labute approximate surface area is 165 Å². The molecule has 7 heteroatoms. The van der Waals surface area contributed by atoms with Crippen molar-refractivity contribution < 1.29 is 4.74 Å². The number of hydrogen-bond donors (Lipinski definition) is 2. The molecule has 0 atom stereocenters. The first-order chi connectivity index (χ1) is 13.3. The Bertz CT molecular complexity index is 725. The summed E-state index contributed by atoms with van der Waals surface area (Å²) in [4.78, 5) is 13.1. The highest BCUT2D eigenvalue weighted by atomic mass is 32.1. The van der Waals surface area contributed by atoms with Crippen molar-refractivity contribution in [1.82, 2.24) is 20.5 Å². The number of thiazole rings is 1. The topological polar surface area (TPSA) is 61.8 Å². The molecule has 0 bridgehead atoms. The third-order valence-electron chi connectivity index (χ3n) is 4.46. The summed E-state index contributed by atoms with van der Waals surface area (Å²) in [5.41, 5.74) is 2.23. The van der Waals surface area contributed by atoms with E-state index in [1.54, 1.807) is 11.3 Å². The van der Waals surface area contributed by atoms with Crippen LogP contribution in [0.25, 0.3) is 10.6 Å². The van der Waals surface area contributed by atoms with Gasteiger partial charge in [-0.05, 0) is 13.8 Å². The van der Waals surface area contributed by atoms with Gasteiger partial charge in [-0.2, -0.15) is 0 Å². The van der Waals surface area contributed by atoms with Crippen molar-refractivity contribution in [3.63, 3.8) is 0 Å². The van der Waals surface area contributed by atoms with Gasteiger partial charge in [0.25, 0.3) is 0 Å². The van der Waals surface area contributed by atoms with Crippen LogP contribution in [0.4, 0.5) is 0 Å². The van der Waals surface area contributed by atoms with Crippen molar-refractivity contribution in [1.29, 1.82) is 0 Å². The first-order valence-corrected chi connectivity index (χ1v) is 10.4. The second kappa shape index (κ2) is 10.4. The lowest BCUT2D eigenvalue weighted by Gasteiger charge is -2.26. The van der Waals surface area contributed by atoms with E-state index in [1.165, 1.54) is 4.88 Å². The van der Waals surface area contributed by atoms with E-state index in [0.717, 1.165) is 68.2 Å². The van der Waals surface area contributed by atoms with Crippen LogP contribution < -0.4 is 10.6 Å². The van der Waals surface area contributed by atoms with Gasteiger partial charge >= 0.3 is 0 Å². The fourth-order valence-electron chi connectivity index (χ4n) is 2.93. The quantitative estimate of drug-likeness (QED) is 0.565. The third kappa shape index (κ3) is 6.02. The molecule has 2 heterocycles. The zero-order chi connectivity index (χ0) is 18.9. The number of ether oxygens (including phenoxy) is 1. The molecular weight excluding hydrogens is 358 g/mol. The number of benzene rings is 1. The van der Waals surface area contributed by atoms with Crippen molar-refractivity contribution >= 4 is 17.3 Å². The first kappa shape index (κ1) is 19.8. The predicted molar refractivity (Wildman–Crippen MR) is 112 cm³/mol. The molecule has 0 unspecified atom stereocenters. The molecule has 0 radical (unpaired) electrons. The molecule has 1 aromatic heterocycles. The largest absolute Gasteiger partial charge is 0.379 e. The Morgan fingerprint density at radius 2 is 2.00 bits per heavy atom. The van der Waals surface area contributed by atoms with Gasteiger partial charge in [0.2, 0.25) is 0 Å². The van der Waals surface area contributed by atoms with Crippen molar-refractivity contribution in [2.75, 3.05) is 45.9 Å². The smallest absolute Gasteiger partial charge is 0.191 e. The molecule has 6 nitrogen and oxygen atoms in total. The molecule has 1 aromatic carbocycles. The van der Waals surface area contributed by atoms with Gasteiger partial charge in [0, 0.05) is 43.2 Å². The minimum atomic E-state index is 0.642. The normalized spacial score (nSPS) is 15.7. The van der Waals surface area contributed by atoms with Crippen LogP contribution in [0.15, 0.2) is 35.3 Å². The molecule has 146 valence electrons. The highest BCUT2D eigenvalue weighted by Crippen LogP contribution is 2.28. The van der Waals surface area contributed by atoms with E-state index in [1.807, 2.05) is 18.2 Å². The Hall–Kier alpha value is -1.96. The third-order valence-corrected chi connectivity index (χ3v) is 5.65. The van der Waals surface area contributed by atoms with Gasteiger partial charge in [-0.3, -0.25) is 4.90 Å². The van der Waals surface area contributed by atoms with Crippen molar-refractivity contribution in [3.8, 4) is 10.6 Å². The monoisotopic (exact) mass is 387 g/mol. The minimum absolute atomic E-state index is 0.642. The van der Waals surface area contributed by atoms with Crippen molar-refractivity contribution in [2.45, 2.75) is 20.4 Å². The lowest BCUT2D eigenvalue weighted by Crippen LogP contribution is -2.44.